The zero-order chi connectivity index (χ0) is 22.9. The summed E-state index contributed by atoms with van der Waals surface area (Å²) in [5.74, 6) is 0.124. The third-order valence-electron chi connectivity index (χ3n) is 6.62. The predicted molar refractivity (Wildman–Crippen MR) is 137 cm³/mol. The lowest BCUT2D eigenvalue weighted by Crippen LogP contribution is -3.00. The molecule has 6 aromatic rings. The number of ketones is 1. The van der Waals surface area contributed by atoms with Crippen molar-refractivity contribution in [1.82, 2.24) is 9.13 Å². The zero-order valence-electron chi connectivity index (χ0n) is 19.3. The van der Waals surface area contributed by atoms with Gasteiger partial charge >= 0.3 is 0 Å². The number of hydrogen-bond acceptors (Lipinski definition) is 1. The van der Waals surface area contributed by atoms with E-state index in [1.54, 1.807) is 0 Å². The molecule has 0 amide bonds. The van der Waals surface area contributed by atoms with Crippen molar-refractivity contribution < 1.29 is 26.3 Å². The average Bonchev–Trinajstić information content (AvgIpc) is 3.46. The highest BCUT2D eigenvalue weighted by Crippen LogP contribution is 2.28. The highest BCUT2D eigenvalue weighted by Gasteiger charge is 2.13. The van der Waals surface area contributed by atoms with Crippen LogP contribution in [0.2, 0.25) is 0 Å². The molecule has 0 aliphatic rings. The minimum Gasteiger partial charge on any atom is -1.00 e. The van der Waals surface area contributed by atoms with E-state index in [1.165, 1.54) is 21.8 Å². The first-order valence-corrected chi connectivity index (χ1v) is 11.8. The molecule has 0 aliphatic heterocycles. The van der Waals surface area contributed by atoms with Crippen molar-refractivity contribution in [3.05, 3.63) is 115 Å². The van der Waals surface area contributed by atoms with Gasteiger partial charge in [0.05, 0.1) is 6.54 Å². The van der Waals surface area contributed by atoms with Crippen LogP contribution >= 0.6 is 0 Å². The number of carbonyl (C=O) groups excluding carboxylic acids is 1. The molecule has 4 nitrogen and oxygen atoms in total. The number of halogens is 1. The van der Waals surface area contributed by atoms with Crippen LogP contribution in [-0.2, 0) is 19.6 Å². The summed E-state index contributed by atoms with van der Waals surface area (Å²) < 4.78 is 6.56. The fourth-order valence-electron chi connectivity index (χ4n) is 4.94. The smallest absolute Gasteiger partial charge is 0.244 e. The summed E-state index contributed by atoms with van der Waals surface area (Å²) in [7, 11) is 0. The third-order valence-corrected chi connectivity index (χ3v) is 6.62. The minimum absolute atomic E-state index is 0. The van der Waals surface area contributed by atoms with Gasteiger partial charge < -0.3 is 21.5 Å². The summed E-state index contributed by atoms with van der Waals surface area (Å²) in [5, 5.41) is 4.87. The first-order valence-electron chi connectivity index (χ1n) is 11.8. The standard InChI is InChI=1S/C30H26N3O.BrH/c34-30(25-15-14-23-8-1-2-9-24(23)20-25)21-32-19-18-31(22-32)16-7-17-33-28-12-5-3-10-26(28)27-11-4-6-13-29(27)33;/h1-6,8-15,18-20,22H,7,16-17,21H2;1H/q+1;/p-1. The van der Waals surface area contributed by atoms with Gasteiger partial charge in [0.2, 0.25) is 12.1 Å². The van der Waals surface area contributed by atoms with Gasteiger partial charge in [0.25, 0.3) is 0 Å². The number of imidazole rings is 1. The zero-order valence-corrected chi connectivity index (χ0v) is 20.9. The van der Waals surface area contributed by atoms with E-state index in [0.29, 0.717) is 6.54 Å². The number of aromatic nitrogens is 3. The molecule has 0 radical (unpaired) electrons. The Hall–Kier alpha value is -3.70. The molecule has 0 spiro atoms. The van der Waals surface area contributed by atoms with Gasteiger partial charge in [0.15, 0.2) is 6.54 Å². The molecule has 0 saturated heterocycles. The number of aryl methyl sites for hydroxylation is 2. The van der Waals surface area contributed by atoms with Crippen LogP contribution in [0, 0.1) is 0 Å². The Morgan fingerprint density at radius 3 is 2.14 bits per heavy atom. The third kappa shape index (κ3) is 4.52. The van der Waals surface area contributed by atoms with Gasteiger partial charge in [-0.1, -0.05) is 72.8 Å². The maximum absolute atomic E-state index is 12.9. The topological polar surface area (TPSA) is 30.8 Å². The van der Waals surface area contributed by atoms with Crippen molar-refractivity contribution >= 4 is 38.4 Å². The van der Waals surface area contributed by atoms with Gasteiger partial charge in [0, 0.05) is 40.3 Å². The molecule has 0 atom stereocenters. The van der Waals surface area contributed by atoms with Crippen molar-refractivity contribution in [1.29, 1.82) is 0 Å². The van der Waals surface area contributed by atoms with E-state index >= 15 is 0 Å². The van der Waals surface area contributed by atoms with E-state index in [-0.39, 0.29) is 22.8 Å². The number of para-hydroxylation sites is 2. The summed E-state index contributed by atoms with van der Waals surface area (Å²) in [6, 6.07) is 31.3. The van der Waals surface area contributed by atoms with E-state index < -0.39 is 0 Å². The molecule has 174 valence electrons. The fourth-order valence-corrected chi connectivity index (χ4v) is 4.94. The fraction of sp³-hybridized carbons (Fsp3) is 0.133. The Morgan fingerprint density at radius 1 is 0.743 bits per heavy atom. The van der Waals surface area contributed by atoms with Crippen molar-refractivity contribution in [3.63, 3.8) is 0 Å². The van der Waals surface area contributed by atoms with E-state index in [1.807, 2.05) is 53.5 Å². The monoisotopic (exact) mass is 523 g/mol. The first kappa shape index (κ1) is 23.1. The molecule has 2 heterocycles. The molecule has 0 fully saturated rings. The number of carbonyl (C=O) groups is 1. The van der Waals surface area contributed by atoms with Gasteiger partial charge in [-0.15, -0.1) is 0 Å². The van der Waals surface area contributed by atoms with Crippen LogP contribution in [-0.4, -0.2) is 14.9 Å². The molecule has 0 aliphatic carbocycles. The number of hydrogen-bond donors (Lipinski definition) is 0. The highest BCUT2D eigenvalue weighted by molar-refractivity contribution is 6.08. The average molecular weight is 524 g/mol. The number of fused-ring (bicyclic) bond motifs is 4. The van der Waals surface area contributed by atoms with Crippen molar-refractivity contribution in [2.45, 2.75) is 26.1 Å². The SMILES string of the molecule is O=C(C[n+]1ccn(CCCn2c3ccccc3c3ccccc32)c1)c1ccc2ccccc2c1.[Br-]. The maximum Gasteiger partial charge on any atom is 0.244 e. The van der Waals surface area contributed by atoms with Crippen LogP contribution in [0.4, 0.5) is 0 Å². The Balaban J connectivity index is 0.00000253. The summed E-state index contributed by atoms with van der Waals surface area (Å²) >= 11 is 0. The molecule has 2 aromatic heterocycles. The quantitative estimate of drug-likeness (QED) is 0.234. The summed E-state index contributed by atoms with van der Waals surface area (Å²) in [4.78, 5) is 12.9. The molecule has 0 N–H and O–H groups in total. The number of rotatable bonds is 7. The van der Waals surface area contributed by atoms with Crippen LogP contribution < -0.4 is 21.5 Å². The lowest BCUT2D eigenvalue weighted by molar-refractivity contribution is -0.682. The van der Waals surface area contributed by atoms with Crippen LogP contribution in [0.1, 0.15) is 16.8 Å². The molecular weight excluding hydrogens is 498 g/mol. The maximum atomic E-state index is 12.9. The first-order chi connectivity index (χ1) is 16.8. The molecule has 0 unspecified atom stereocenters. The number of benzene rings is 4. The summed E-state index contributed by atoms with van der Waals surface area (Å²) in [6.45, 7) is 2.19. The normalized spacial score (nSPS) is 11.2. The second-order valence-corrected chi connectivity index (χ2v) is 8.85. The van der Waals surface area contributed by atoms with Crippen molar-refractivity contribution in [3.8, 4) is 0 Å². The molecule has 35 heavy (non-hydrogen) atoms. The lowest BCUT2D eigenvalue weighted by Gasteiger charge is -2.06. The second-order valence-electron chi connectivity index (χ2n) is 8.85. The lowest BCUT2D eigenvalue weighted by atomic mass is 10.0. The minimum atomic E-state index is 0. The molecule has 0 bridgehead atoms. The predicted octanol–water partition coefficient (Wildman–Crippen LogP) is 3.01. The summed E-state index contributed by atoms with van der Waals surface area (Å²) in [5.41, 5.74) is 3.32. The second kappa shape index (κ2) is 9.88. The van der Waals surface area contributed by atoms with E-state index in [0.717, 1.165) is 35.8 Å². The summed E-state index contributed by atoms with van der Waals surface area (Å²) in [6.07, 6.45) is 7.08. The molecule has 6 rings (SSSR count). The van der Waals surface area contributed by atoms with Gasteiger partial charge in [-0.3, -0.25) is 4.79 Å². The van der Waals surface area contributed by atoms with Crippen LogP contribution in [0.15, 0.2) is 110 Å². The molecule has 5 heteroatoms. The van der Waals surface area contributed by atoms with Crippen molar-refractivity contribution in [2.24, 2.45) is 0 Å². The Bertz CT molecular complexity index is 1590. The van der Waals surface area contributed by atoms with Crippen LogP contribution in [0.5, 0.6) is 0 Å². The highest BCUT2D eigenvalue weighted by atomic mass is 79.9. The Labute approximate surface area is 214 Å². The largest absolute Gasteiger partial charge is 1.00 e. The number of nitrogens with zero attached hydrogens (tertiary/aromatic N) is 3. The molecule has 0 saturated carbocycles. The number of Topliss-reactive ketones (excluding diaryl/α,β-unsaturated/α-hetero) is 1. The van der Waals surface area contributed by atoms with Gasteiger partial charge in [0.1, 0.15) is 12.4 Å². The van der Waals surface area contributed by atoms with Crippen LogP contribution in [0.25, 0.3) is 32.6 Å². The van der Waals surface area contributed by atoms with Gasteiger partial charge in [-0.25, -0.2) is 9.13 Å². The molecule has 4 aromatic carbocycles. The van der Waals surface area contributed by atoms with E-state index in [9.17, 15) is 4.79 Å². The Morgan fingerprint density at radius 2 is 1.40 bits per heavy atom. The van der Waals surface area contributed by atoms with Crippen LogP contribution in [0.3, 0.4) is 0 Å². The van der Waals surface area contributed by atoms with E-state index in [4.69, 9.17) is 0 Å². The molecular formula is C30H26BrN3O. The van der Waals surface area contributed by atoms with Gasteiger partial charge in [-0.2, -0.15) is 0 Å². The van der Waals surface area contributed by atoms with E-state index in [2.05, 4.69) is 69.9 Å². The Kier molecular flexibility index (Phi) is 6.51. The van der Waals surface area contributed by atoms with Crippen molar-refractivity contribution in [2.75, 3.05) is 0 Å². The van der Waals surface area contributed by atoms with Gasteiger partial charge in [-0.05, 0) is 29.0 Å².